The second-order valence-electron chi connectivity index (χ2n) is 9.07. The van der Waals surface area contributed by atoms with Gasteiger partial charge in [0.15, 0.2) is 11.5 Å². The molecule has 2 aromatic rings. The minimum Gasteiger partial charge on any atom is -0.490 e. The van der Waals surface area contributed by atoms with Crippen molar-refractivity contribution in [3.8, 4) is 11.5 Å². The molecular formula is C27H36N2O5. The van der Waals surface area contributed by atoms with Crippen LogP contribution in [0, 0.1) is 0 Å². The summed E-state index contributed by atoms with van der Waals surface area (Å²) < 4.78 is 23.1. The van der Waals surface area contributed by atoms with Crippen molar-refractivity contribution in [1.29, 1.82) is 0 Å². The summed E-state index contributed by atoms with van der Waals surface area (Å²) in [5, 5.41) is 0. The first-order valence-electron chi connectivity index (χ1n) is 12.2. The minimum absolute atomic E-state index is 0.0843. The molecule has 2 aliphatic rings. The van der Waals surface area contributed by atoms with Crippen molar-refractivity contribution in [1.82, 2.24) is 9.80 Å². The fourth-order valence-corrected chi connectivity index (χ4v) is 4.09. The maximum atomic E-state index is 13.3. The Labute approximate surface area is 202 Å². The number of likely N-dealkylation sites (N-methyl/N-ethyl adjacent to an activating group) is 1. The van der Waals surface area contributed by atoms with Gasteiger partial charge in [-0.2, -0.15) is 0 Å². The largest absolute Gasteiger partial charge is 0.490 e. The third-order valence-electron chi connectivity index (χ3n) is 6.16. The normalized spacial score (nSPS) is 18.5. The third-order valence-corrected chi connectivity index (χ3v) is 6.16. The van der Waals surface area contributed by atoms with E-state index in [1.807, 2.05) is 60.5 Å². The number of carbonyl (C=O) groups is 1. The van der Waals surface area contributed by atoms with E-state index in [0.29, 0.717) is 57.1 Å². The van der Waals surface area contributed by atoms with E-state index < -0.39 is 6.10 Å². The first kappa shape index (κ1) is 24.5. The first-order chi connectivity index (χ1) is 16.6. The number of benzene rings is 2. The van der Waals surface area contributed by atoms with E-state index in [0.717, 1.165) is 36.9 Å². The maximum Gasteiger partial charge on any atom is 0.253 e. The van der Waals surface area contributed by atoms with E-state index in [-0.39, 0.29) is 5.91 Å². The molecule has 0 spiro atoms. The highest BCUT2D eigenvalue weighted by Crippen LogP contribution is 2.33. The van der Waals surface area contributed by atoms with Gasteiger partial charge in [-0.15, -0.1) is 0 Å². The predicted molar refractivity (Wildman–Crippen MR) is 130 cm³/mol. The summed E-state index contributed by atoms with van der Waals surface area (Å²) in [5.74, 6) is 1.48. The highest BCUT2D eigenvalue weighted by Gasteiger charge is 2.37. The molecule has 1 saturated heterocycles. The van der Waals surface area contributed by atoms with Crippen LogP contribution in [-0.2, 0) is 27.4 Å². The van der Waals surface area contributed by atoms with Crippen LogP contribution in [0.4, 0.5) is 0 Å². The molecule has 4 rings (SSSR count). The van der Waals surface area contributed by atoms with Crippen molar-refractivity contribution in [3.63, 3.8) is 0 Å². The van der Waals surface area contributed by atoms with E-state index >= 15 is 0 Å². The molecule has 1 heterocycles. The maximum absolute atomic E-state index is 13.3. The Morgan fingerprint density at radius 1 is 1.06 bits per heavy atom. The van der Waals surface area contributed by atoms with Gasteiger partial charge in [-0.1, -0.05) is 36.4 Å². The topological polar surface area (TPSA) is 60.5 Å². The van der Waals surface area contributed by atoms with Crippen LogP contribution in [0.25, 0.3) is 0 Å². The molecular weight excluding hydrogens is 432 g/mol. The second kappa shape index (κ2) is 12.2. The van der Waals surface area contributed by atoms with Gasteiger partial charge in [0.25, 0.3) is 5.91 Å². The Morgan fingerprint density at radius 2 is 1.88 bits per heavy atom. The summed E-state index contributed by atoms with van der Waals surface area (Å²) in [7, 11) is 3.72. The van der Waals surface area contributed by atoms with Gasteiger partial charge in [0, 0.05) is 45.8 Å². The standard InChI is InChI=1S/C27H36N2O5/c1-28-13-16-33-26(19-28)27(30)29(23-10-11-23)18-22-9-12-24(25(17-22)32-15-6-14-31-2)34-20-21-7-4-3-5-8-21/h3-5,7-9,12,17,23,26H,6,10-11,13-16,18-20H2,1-2H3/t26-/m1/s1. The molecule has 2 fully saturated rings. The average molecular weight is 469 g/mol. The second-order valence-corrected chi connectivity index (χ2v) is 9.07. The first-order valence-corrected chi connectivity index (χ1v) is 12.2. The summed E-state index contributed by atoms with van der Waals surface area (Å²) >= 11 is 0. The Morgan fingerprint density at radius 3 is 2.62 bits per heavy atom. The van der Waals surface area contributed by atoms with Crippen LogP contribution in [-0.4, -0.2) is 74.9 Å². The fourth-order valence-electron chi connectivity index (χ4n) is 4.09. The molecule has 1 atom stereocenters. The Hall–Kier alpha value is -2.61. The van der Waals surface area contributed by atoms with E-state index in [9.17, 15) is 4.79 Å². The number of nitrogens with zero attached hydrogens (tertiary/aromatic N) is 2. The van der Waals surface area contributed by atoms with Gasteiger partial charge in [-0.25, -0.2) is 0 Å². The molecule has 0 N–H and O–H groups in total. The van der Waals surface area contributed by atoms with Crippen molar-refractivity contribution in [2.24, 2.45) is 0 Å². The van der Waals surface area contributed by atoms with Crippen molar-refractivity contribution < 1.29 is 23.7 Å². The third kappa shape index (κ3) is 6.95. The Bertz CT molecular complexity index is 918. The molecule has 1 aliphatic carbocycles. The zero-order chi connectivity index (χ0) is 23.8. The number of hydrogen-bond acceptors (Lipinski definition) is 6. The highest BCUT2D eigenvalue weighted by atomic mass is 16.5. The lowest BCUT2D eigenvalue weighted by molar-refractivity contribution is -0.150. The Balaban J connectivity index is 1.46. The molecule has 0 radical (unpaired) electrons. The van der Waals surface area contributed by atoms with Crippen molar-refractivity contribution in [2.75, 3.05) is 47.1 Å². The molecule has 2 aromatic carbocycles. The van der Waals surface area contributed by atoms with Gasteiger partial charge in [0.2, 0.25) is 0 Å². The molecule has 7 nitrogen and oxygen atoms in total. The van der Waals surface area contributed by atoms with Gasteiger partial charge >= 0.3 is 0 Å². The summed E-state index contributed by atoms with van der Waals surface area (Å²) in [6.45, 7) is 4.28. The van der Waals surface area contributed by atoms with Crippen LogP contribution in [0.3, 0.4) is 0 Å². The lowest BCUT2D eigenvalue weighted by Crippen LogP contribution is -2.50. The highest BCUT2D eigenvalue weighted by molar-refractivity contribution is 5.82. The molecule has 1 saturated carbocycles. The quantitative estimate of drug-likeness (QED) is 0.445. The molecule has 1 amide bonds. The van der Waals surface area contributed by atoms with Crippen LogP contribution in [0.1, 0.15) is 30.4 Å². The van der Waals surface area contributed by atoms with E-state index in [1.54, 1.807) is 7.11 Å². The summed E-state index contributed by atoms with van der Waals surface area (Å²) in [6, 6.07) is 16.3. The Kier molecular flexibility index (Phi) is 8.79. The number of rotatable bonds is 12. The molecule has 0 aromatic heterocycles. The molecule has 0 unspecified atom stereocenters. The van der Waals surface area contributed by atoms with E-state index in [2.05, 4.69) is 4.90 Å². The smallest absolute Gasteiger partial charge is 0.253 e. The van der Waals surface area contributed by atoms with Crippen molar-refractivity contribution in [2.45, 2.75) is 44.6 Å². The predicted octanol–water partition coefficient (Wildman–Crippen LogP) is 3.50. The average Bonchev–Trinajstić information content (AvgIpc) is 3.70. The molecule has 0 bridgehead atoms. The van der Waals surface area contributed by atoms with Gasteiger partial charge in [-0.3, -0.25) is 4.79 Å². The molecule has 184 valence electrons. The van der Waals surface area contributed by atoms with E-state index in [4.69, 9.17) is 18.9 Å². The van der Waals surface area contributed by atoms with Crippen molar-refractivity contribution in [3.05, 3.63) is 59.7 Å². The number of amides is 1. The minimum atomic E-state index is -0.391. The van der Waals surface area contributed by atoms with Crippen LogP contribution in [0.5, 0.6) is 11.5 Å². The lowest BCUT2D eigenvalue weighted by Gasteiger charge is -2.33. The van der Waals surface area contributed by atoms with Gasteiger partial charge in [0.05, 0.1) is 13.2 Å². The lowest BCUT2D eigenvalue weighted by atomic mass is 10.1. The van der Waals surface area contributed by atoms with Crippen LogP contribution >= 0.6 is 0 Å². The van der Waals surface area contributed by atoms with Crippen LogP contribution < -0.4 is 9.47 Å². The van der Waals surface area contributed by atoms with Gasteiger partial charge in [-0.05, 0) is 43.1 Å². The molecule has 1 aliphatic heterocycles. The number of methoxy groups -OCH3 is 1. The zero-order valence-corrected chi connectivity index (χ0v) is 20.3. The number of ether oxygens (including phenoxy) is 4. The fraction of sp³-hybridized carbons (Fsp3) is 0.519. The molecule has 7 heteroatoms. The summed E-state index contributed by atoms with van der Waals surface area (Å²) in [5.41, 5.74) is 2.12. The van der Waals surface area contributed by atoms with Gasteiger partial charge in [0.1, 0.15) is 12.7 Å². The van der Waals surface area contributed by atoms with Gasteiger partial charge < -0.3 is 28.7 Å². The van der Waals surface area contributed by atoms with Crippen LogP contribution in [0.2, 0.25) is 0 Å². The molecule has 34 heavy (non-hydrogen) atoms. The monoisotopic (exact) mass is 468 g/mol. The summed E-state index contributed by atoms with van der Waals surface area (Å²) in [6.07, 6.45) is 2.50. The SMILES string of the molecule is COCCCOc1cc(CN(C(=O)[C@H]2CN(C)CCO2)C2CC2)ccc1OCc1ccccc1. The zero-order valence-electron chi connectivity index (χ0n) is 20.3. The van der Waals surface area contributed by atoms with Crippen molar-refractivity contribution >= 4 is 5.91 Å². The number of carbonyl (C=O) groups excluding carboxylic acids is 1. The van der Waals surface area contributed by atoms with E-state index in [1.165, 1.54) is 0 Å². The number of morpholine rings is 1. The summed E-state index contributed by atoms with van der Waals surface area (Å²) in [4.78, 5) is 17.4. The van der Waals surface area contributed by atoms with Crippen LogP contribution in [0.15, 0.2) is 48.5 Å². The number of hydrogen-bond donors (Lipinski definition) is 0.